The molecule has 2 saturated heterocycles. The SMILES string of the molecule is CCCCCCCC(=O)O[C@@H]1[C@@H](O)[C@]2(CCC[C@@H](OC(C)=O)[C@H](C)C/C=C/c3ccccc3)O[C@H](C(=O)O)[C@@](O)(C(=O)O)[C@@]1(C(=O)O)O2. The number of carboxylic acids is 3. The molecule has 0 radical (unpaired) electrons. The summed E-state index contributed by atoms with van der Waals surface area (Å²) in [6.45, 7) is 5.09. The first kappa shape index (κ1) is 38.6. The maximum Gasteiger partial charge on any atom is 0.344 e. The van der Waals surface area contributed by atoms with E-state index in [1.165, 1.54) is 6.92 Å². The van der Waals surface area contributed by atoms with Crippen LogP contribution in [0.1, 0.15) is 90.5 Å². The lowest BCUT2D eigenvalue weighted by molar-refractivity contribution is -0.374. The second-order valence-electron chi connectivity index (χ2n) is 12.4. The minimum Gasteiger partial charge on any atom is -0.479 e. The third-order valence-electron chi connectivity index (χ3n) is 8.93. The summed E-state index contributed by atoms with van der Waals surface area (Å²) in [7, 11) is 0. The molecule has 14 heteroatoms. The van der Waals surface area contributed by atoms with Gasteiger partial charge in [0.2, 0.25) is 23.1 Å². The number of carbonyl (C=O) groups is 5. The van der Waals surface area contributed by atoms with E-state index >= 15 is 0 Å². The molecule has 2 bridgehead atoms. The Morgan fingerprint density at radius 1 is 0.979 bits per heavy atom. The molecular formula is C34H46O14. The van der Waals surface area contributed by atoms with Crippen molar-refractivity contribution in [1.29, 1.82) is 0 Å². The average Bonchev–Trinajstić information content (AvgIpc) is 3.24. The number of rotatable bonds is 19. The van der Waals surface area contributed by atoms with Crippen LogP contribution < -0.4 is 0 Å². The van der Waals surface area contributed by atoms with Gasteiger partial charge in [0.15, 0.2) is 6.10 Å². The Balaban J connectivity index is 1.89. The molecule has 5 N–H and O–H groups in total. The van der Waals surface area contributed by atoms with Crippen molar-refractivity contribution in [3.8, 4) is 0 Å². The molecule has 0 spiro atoms. The minimum atomic E-state index is -3.84. The predicted molar refractivity (Wildman–Crippen MR) is 167 cm³/mol. The van der Waals surface area contributed by atoms with Crippen LogP contribution in [0.25, 0.3) is 6.08 Å². The number of allylic oxidation sites excluding steroid dienone is 1. The van der Waals surface area contributed by atoms with E-state index in [9.17, 15) is 49.5 Å². The molecule has 2 aliphatic rings. The molecule has 14 nitrogen and oxygen atoms in total. The zero-order valence-corrected chi connectivity index (χ0v) is 27.4. The number of benzene rings is 1. The van der Waals surface area contributed by atoms with Gasteiger partial charge < -0.3 is 44.5 Å². The van der Waals surface area contributed by atoms with Gasteiger partial charge >= 0.3 is 29.8 Å². The number of ether oxygens (including phenoxy) is 4. The van der Waals surface area contributed by atoms with Crippen molar-refractivity contribution in [2.45, 2.75) is 126 Å². The Kier molecular flexibility index (Phi) is 13.3. The Morgan fingerprint density at radius 3 is 2.23 bits per heavy atom. The molecule has 1 aromatic carbocycles. The third kappa shape index (κ3) is 8.05. The van der Waals surface area contributed by atoms with Crippen LogP contribution in [0.2, 0.25) is 0 Å². The second-order valence-corrected chi connectivity index (χ2v) is 12.4. The summed E-state index contributed by atoms with van der Waals surface area (Å²) in [6.07, 6.45) is -0.582. The van der Waals surface area contributed by atoms with Crippen molar-refractivity contribution in [2.75, 3.05) is 0 Å². The highest BCUT2D eigenvalue weighted by Gasteiger charge is 2.85. The van der Waals surface area contributed by atoms with Crippen LogP contribution in [-0.4, -0.2) is 96.8 Å². The van der Waals surface area contributed by atoms with Gasteiger partial charge in [0.25, 0.3) is 0 Å². The first-order chi connectivity index (χ1) is 22.7. The number of unbranched alkanes of at least 4 members (excludes halogenated alkanes) is 4. The molecule has 3 rings (SSSR count). The van der Waals surface area contributed by atoms with E-state index in [2.05, 4.69) is 0 Å². The van der Waals surface area contributed by atoms with Crippen LogP contribution in [0, 0.1) is 5.92 Å². The molecule has 266 valence electrons. The topological polar surface area (TPSA) is 223 Å². The van der Waals surface area contributed by atoms with Gasteiger partial charge in [-0.25, -0.2) is 14.4 Å². The zero-order chi connectivity index (χ0) is 35.7. The number of hydrogen-bond donors (Lipinski definition) is 5. The van der Waals surface area contributed by atoms with Gasteiger partial charge in [-0.15, -0.1) is 0 Å². The third-order valence-corrected chi connectivity index (χ3v) is 8.93. The number of aliphatic hydroxyl groups is 2. The van der Waals surface area contributed by atoms with Gasteiger partial charge in [0.05, 0.1) is 0 Å². The van der Waals surface area contributed by atoms with Gasteiger partial charge in [-0.1, -0.05) is 82.0 Å². The van der Waals surface area contributed by atoms with Crippen molar-refractivity contribution in [3.63, 3.8) is 0 Å². The minimum absolute atomic E-state index is 0.0205. The van der Waals surface area contributed by atoms with Crippen molar-refractivity contribution in [1.82, 2.24) is 0 Å². The van der Waals surface area contributed by atoms with Crippen molar-refractivity contribution >= 4 is 35.9 Å². The van der Waals surface area contributed by atoms with Gasteiger partial charge in [-0.3, -0.25) is 9.59 Å². The maximum atomic E-state index is 12.9. The lowest BCUT2D eigenvalue weighted by atomic mass is 9.74. The summed E-state index contributed by atoms with van der Waals surface area (Å²) in [5, 5.41) is 53.2. The monoisotopic (exact) mass is 678 g/mol. The number of fused-ring (bicyclic) bond motifs is 2. The van der Waals surface area contributed by atoms with E-state index in [1.807, 2.05) is 56.3 Å². The van der Waals surface area contributed by atoms with Crippen LogP contribution in [0.5, 0.6) is 0 Å². The van der Waals surface area contributed by atoms with Gasteiger partial charge in [-0.05, 0) is 37.2 Å². The highest BCUT2D eigenvalue weighted by Crippen LogP contribution is 2.55. The smallest absolute Gasteiger partial charge is 0.344 e. The lowest BCUT2D eigenvalue weighted by Crippen LogP contribution is -2.78. The molecule has 8 atom stereocenters. The summed E-state index contributed by atoms with van der Waals surface area (Å²) >= 11 is 0. The fourth-order valence-electron chi connectivity index (χ4n) is 6.38. The Labute approximate surface area is 278 Å². The highest BCUT2D eigenvalue weighted by molar-refractivity contribution is 5.98. The largest absolute Gasteiger partial charge is 0.479 e. The molecule has 0 aromatic heterocycles. The second kappa shape index (κ2) is 16.5. The standard InChI is InChI=1S/C34H46O14/c1-4-5-6-7-11-19-25(36)46-27-26(37)32(47-28(29(38)39)33(44,30(40)41)34(27,48-32)31(42)43)20-13-18-24(45-22(3)35)21(2)14-12-17-23-15-9-8-10-16-23/h8-10,12,15-17,21,24,26-28,37,44H,4-7,11,13-14,18-20H2,1-3H3,(H,38,39)(H,40,41)(H,42,43)/b17-12+/t21-,24-,26-,27-,28-,32-,33-,34-/m1/s1. The van der Waals surface area contributed by atoms with Crippen molar-refractivity contribution < 1.29 is 68.5 Å². The van der Waals surface area contributed by atoms with Crippen molar-refractivity contribution in [3.05, 3.63) is 42.0 Å². The van der Waals surface area contributed by atoms with E-state index < -0.39 is 77.7 Å². The quantitative estimate of drug-likeness (QED) is 0.105. The number of aliphatic hydroxyl groups excluding tert-OH is 1. The molecule has 1 aromatic rings. The van der Waals surface area contributed by atoms with Gasteiger partial charge in [0.1, 0.15) is 12.2 Å². The molecule has 0 amide bonds. The van der Waals surface area contributed by atoms with Crippen LogP contribution in [0.4, 0.5) is 0 Å². The zero-order valence-electron chi connectivity index (χ0n) is 27.4. The van der Waals surface area contributed by atoms with Crippen LogP contribution >= 0.6 is 0 Å². The van der Waals surface area contributed by atoms with E-state index in [1.54, 1.807) is 0 Å². The predicted octanol–water partition coefficient (Wildman–Crippen LogP) is 3.31. The van der Waals surface area contributed by atoms with Gasteiger partial charge in [0, 0.05) is 19.8 Å². The normalized spacial score (nSPS) is 29.2. The Hall–Kier alpha value is -3.85. The number of carbonyl (C=O) groups excluding carboxylic acids is 2. The molecule has 0 saturated carbocycles. The number of esters is 2. The molecule has 0 unspecified atom stereocenters. The van der Waals surface area contributed by atoms with E-state index in [0.717, 1.165) is 24.8 Å². The fourth-order valence-corrected chi connectivity index (χ4v) is 6.38. The first-order valence-corrected chi connectivity index (χ1v) is 16.2. The molecule has 2 fully saturated rings. The molecule has 2 heterocycles. The summed E-state index contributed by atoms with van der Waals surface area (Å²) < 4.78 is 22.0. The summed E-state index contributed by atoms with van der Waals surface area (Å²) in [4.78, 5) is 62.4. The lowest BCUT2D eigenvalue weighted by Gasteiger charge is -2.48. The van der Waals surface area contributed by atoms with Gasteiger partial charge in [-0.2, -0.15) is 0 Å². The molecular weight excluding hydrogens is 632 g/mol. The number of carboxylic acid groups (broad SMARTS) is 3. The highest BCUT2D eigenvalue weighted by atomic mass is 16.8. The molecule has 48 heavy (non-hydrogen) atoms. The van der Waals surface area contributed by atoms with E-state index in [4.69, 9.17) is 18.9 Å². The molecule has 0 aliphatic carbocycles. The van der Waals surface area contributed by atoms with E-state index in [0.29, 0.717) is 19.3 Å². The van der Waals surface area contributed by atoms with Crippen LogP contribution in [0.3, 0.4) is 0 Å². The fraction of sp³-hybridized carbons (Fsp3) is 0.618. The molecule has 2 aliphatic heterocycles. The Morgan fingerprint density at radius 2 is 1.65 bits per heavy atom. The summed E-state index contributed by atoms with van der Waals surface area (Å²) in [5.41, 5.74) is -6.34. The summed E-state index contributed by atoms with van der Waals surface area (Å²) in [6, 6.07) is 9.52. The Bertz CT molecular complexity index is 1330. The van der Waals surface area contributed by atoms with Crippen molar-refractivity contribution in [2.24, 2.45) is 5.92 Å². The maximum absolute atomic E-state index is 12.9. The van der Waals surface area contributed by atoms with Crippen LogP contribution in [0.15, 0.2) is 36.4 Å². The first-order valence-electron chi connectivity index (χ1n) is 16.2. The average molecular weight is 679 g/mol. The van der Waals surface area contributed by atoms with E-state index in [-0.39, 0.29) is 25.2 Å². The number of aliphatic carboxylic acids is 3. The van der Waals surface area contributed by atoms with Crippen LogP contribution in [-0.2, 0) is 42.9 Å². The summed E-state index contributed by atoms with van der Waals surface area (Å²) in [5.74, 6) is -10.9. The number of hydrogen-bond acceptors (Lipinski definition) is 11.